The van der Waals surface area contributed by atoms with Crippen LogP contribution in [0.15, 0.2) is 42.1 Å². The Morgan fingerprint density at radius 2 is 1.94 bits per heavy atom. The van der Waals surface area contributed by atoms with Crippen molar-refractivity contribution >= 4 is 17.5 Å². The van der Waals surface area contributed by atoms with Gasteiger partial charge in [0.15, 0.2) is 17.5 Å². The highest BCUT2D eigenvalue weighted by Crippen LogP contribution is 2.28. The summed E-state index contributed by atoms with van der Waals surface area (Å²) in [6.07, 6.45) is 8.17. The number of nitriles is 1. The van der Waals surface area contributed by atoms with E-state index in [0.29, 0.717) is 31.5 Å². The van der Waals surface area contributed by atoms with Gasteiger partial charge in [-0.25, -0.2) is 9.37 Å². The second-order valence-electron chi connectivity index (χ2n) is 10.7. The van der Waals surface area contributed by atoms with Crippen LogP contribution in [0.1, 0.15) is 65.9 Å². The van der Waals surface area contributed by atoms with E-state index in [1.165, 1.54) is 6.07 Å². The number of rotatable bonds is 11. The second kappa shape index (κ2) is 12.7. The Morgan fingerprint density at radius 1 is 1.28 bits per heavy atom. The maximum atomic E-state index is 15.0. The third-order valence-electron chi connectivity index (χ3n) is 6.23. The van der Waals surface area contributed by atoms with Crippen molar-refractivity contribution in [3.05, 3.63) is 53.5 Å². The Kier molecular flexibility index (Phi) is 10.2. The predicted molar refractivity (Wildman–Crippen MR) is 145 cm³/mol. The smallest absolute Gasteiger partial charge is 0.220 e. The van der Waals surface area contributed by atoms with Crippen LogP contribution in [0.25, 0.3) is 0 Å². The zero-order chi connectivity index (χ0) is 27.0. The van der Waals surface area contributed by atoms with Crippen molar-refractivity contribution in [2.45, 2.75) is 78.4 Å². The zero-order valence-corrected chi connectivity index (χ0v) is 22.7. The van der Waals surface area contributed by atoms with Crippen LogP contribution in [0.5, 0.6) is 0 Å². The van der Waals surface area contributed by atoms with Gasteiger partial charge in [-0.3, -0.25) is 4.79 Å². The van der Waals surface area contributed by atoms with Gasteiger partial charge in [0, 0.05) is 36.7 Å². The van der Waals surface area contributed by atoms with Gasteiger partial charge >= 0.3 is 0 Å². The number of anilines is 2. The monoisotopic (exact) mass is 496 g/mol. The molecule has 7 nitrogen and oxygen atoms in total. The highest BCUT2D eigenvalue weighted by molar-refractivity contribution is 5.77. The summed E-state index contributed by atoms with van der Waals surface area (Å²) in [5, 5.41) is 19.1. The molecule has 0 saturated carbocycles. The number of carbonyl (C=O) groups is 1. The summed E-state index contributed by atoms with van der Waals surface area (Å²) in [4.78, 5) is 19.1. The summed E-state index contributed by atoms with van der Waals surface area (Å²) in [5.41, 5.74) is 1.97. The molecule has 2 unspecified atom stereocenters. The highest BCUT2D eigenvalue weighted by Gasteiger charge is 2.26. The lowest BCUT2D eigenvalue weighted by Crippen LogP contribution is -2.47. The maximum absolute atomic E-state index is 15.0. The number of allylic oxidation sites excluding steroid dienone is 2. The molecule has 0 aromatic carbocycles. The molecule has 1 aliphatic rings. The lowest BCUT2D eigenvalue weighted by Gasteiger charge is -2.30. The van der Waals surface area contributed by atoms with Gasteiger partial charge in [-0.2, -0.15) is 5.26 Å². The molecule has 0 radical (unpaired) electrons. The summed E-state index contributed by atoms with van der Waals surface area (Å²) < 4.78 is 15.0. The van der Waals surface area contributed by atoms with E-state index < -0.39 is 5.82 Å². The van der Waals surface area contributed by atoms with E-state index >= 15 is 0 Å². The van der Waals surface area contributed by atoms with Crippen LogP contribution in [-0.2, 0) is 4.79 Å². The number of nitrogens with one attached hydrogen (secondary N) is 3. The van der Waals surface area contributed by atoms with Gasteiger partial charge in [0.2, 0.25) is 5.91 Å². The largest absolute Gasteiger partial charge is 0.363 e. The molecule has 0 aliphatic heterocycles. The molecule has 3 N–H and O–H groups in total. The lowest BCUT2D eigenvalue weighted by molar-refractivity contribution is -0.123. The molecule has 1 aliphatic carbocycles. The van der Waals surface area contributed by atoms with Crippen molar-refractivity contribution in [2.75, 3.05) is 24.7 Å². The van der Waals surface area contributed by atoms with Gasteiger partial charge in [-0.1, -0.05) is 53.3 Å². The van der Waals surface area contributed by atoms with Crippen LogP contribution in [0.4, 0.5) is 16.0 Å². The van der Waals surface area contributed by atoms with Gasteiger partial charge in [0.25, 0.3) is 0 Å². The van der Waals surface area contributed by atoms with E-state index in [1.54, 1.807) is 0 Å². The maximum Gasteiger partial charge on any atom is 0.220 e. The molecular weight excluding hydrogens is 455 g/mol. The number of carbonyl (C=O) groups excluding carboxylic acids is 1. The third-order valence-corrected chi connectivity index (χ3v) is 6.23. The van der Waals surface area contributed by atoms with Crippen molar-refractivity contribution in [1.82, 2.24) is 15.2 Å². The summed E-state index contributed by atoms with van der Waals surface area (Å²) in [5.74, 6) is -0.295. The first-order valence-corrected chi connectivity index (χ1v) is 12.6. The van der Waals surface area contributed by atoms with E-state index in [9.17, 15) is 14.4 Å². The fourth-order valence-electron chi connectivity index (χ4n) is 4.29. The van der Waals surface area contributed by atoms with Gasteiger partial charge in [0.1, 0.15) is 6.07 Å². The van der Waals surface area contributed by atoms with Crippen LogP contribution in [0.3, 0.4) is 0 Å². The topological polar surface area (TPSA) is 93.1 Å². The molecule has 0 bridgehead atoms. The molecule has 3 atom stereocenters. The van der Waals surface area contributed by atoms with Gasteiger partial charge < -0.3 is 20.9 Å². The molecule has 8 heteroatoms. The van der Waals surface area contributed by atoms with Crippen molar-refractivity contribution < 1.29 is 9.18 Å². The standard InChI is InChI=1S/C28H41FN6O/c1-9-18-12-13-20(15-24(18)35(7)8)31-26-19(17-30)14-21(29)27(34-26)33-23(11-3)22(10-2)32-25(36)16-28(4,5)6/h9,12-14,22-24H,1,10-11,15-16H2,2-8H3,(H,32,36)(H2,31,33,34)/t22-,23?,24?/m0/s1. The number of halogens is 1. The number of pyridine rings is 1. The Hall–Kier alpha value is -3.18. The van der Waals surface area contributed by atoms with E-state index in [-0.39, 0.29) is 40.8 Å². The molecular formula is C28H41FN6O. The molecule has 36 heavy (non-hydrogen) atoms. The number of aromatic nitrogens is 1. The second-order valence-corrected chi connectivity index (χ2v) is 10.7. The average Bonchev–Trinajstić information content (AvgIpc) is 2.81. The molecule has 1 heterocycles. The van der Waals surface area contributed by atoms with Gasteiger partial charge in [-0.05, 0) is 50.1 Å². The zero-order valence-electron chi connectivity index (χ0n) is 22.7. The first-order valence-electron chi connectivity index (χ1n) is 12.6. The van der Waals surface area contributed by atoms with Crippen LogP contribution < -0.4 is 16.0 Å². The first kappa shape index (κ1) is 29.1. The fourth-order valence-corrected chi connectivity index (χ4v) is 4.29. The number of likely N-dealkylation sites (N-methyl/N-ethyl adjacent to an activating group) is 1. The number of hydrogen-bond donors (Lipinski definition) is 3. The van der Waals surface area contributed by atoms with E-state index in [1.807, 2.05) is 73.0 Å². The average molecular weight is 497 g/mol. The quantitative estimate of drug-likeness (QED) is 0.382. The Bertz CT molecular complexity index is 1050. The normalized spacial score (nSPS) is 17.4. The lowest BCUT2D eigenvalue weighted by atomic mass is 9.91. The van der Waals surface area contributed by atoms with Crippen LogP contribution in [-0.4, -0.2) is 48.0 Å². The summed E-state index contributed by atoms with van der Waals surface area (Å²) in [7, 11) is 4.00. The molecule has 1 amide bonds. The molecule has 1 aromatic rings. The molecule has 0 spiro atoms. The summed E-state index contributed by atoms with van der Waals surface area (Å²) in [6, 6.07) is 2.94. The van der Waals surface area contributed by atoms with E-state index in [2.05, 4.69) is 32.4 Å². The molecule has 0 fully saturated rings. The number of hydrogen-bond acceptors (Lipinski definition) is 6. The number of nitrogens with zero attached hydrogens (tertiary/aromatic N) is 3. The summed E-state index contributed by atoms with van der Waals surface area (Å²) >= 11 is 0. The highest BCUT2D eigenvalue weighted by atomic mass is 19.1. The molecule has 196 valence electrons. The predicted octanol–water partition coefficient (Wildman–Crippen LogP) is 5.36. The Balaban J connectivity index is 2.29. The minimum Gasteiger partial charge on any atom is -0.363 e. The van der Waals surface area contributed by atoms with Crippen molar-refractivity contribution in [3.63, 3.8) is 0 Å². The SMILES string of the molecule is C=CC1=CC=C(Nc2nc(NC(CC)[C@H](CC)NC(=O)CC(C)(C)C)c(F)cc2C#N)CC1N(C)C. The molecule has 1 aromatic heterocycles. The Labute approximate surface area is 215 Å². The first-order chi connectivity index (χ1) is 16.9. The van der Waals surface area contributed by atoms with Gasteiger partial charge in [-0.15, -0.1) is 0 Å². The van der Waals surface area contributed by atoms with Crippen LogP contribution in [0, 0.1) is 22.6 Å². The van der Waals surface area contributed by atoms with Crippen molar-refractivity contribution in [2.24, 2.45) is 5.41 Å². The minimum atomic E-state index is -0.607. The molecule has 0 saturated heterocycles. The summed E-state index contributed by atoms with van der Waals surface area (Å²) in [6.45, 7) is 13.9. The minimum absolute atomic E-state index is 0.0307. The number of amides is 1. The third kappa shape index (κ3) is 7.92. The van der Waals surface area contributed by atoms with Crippen LogP contribution >= 0.6 is 0 Å². The molecule has 2 rings (SSSR count). The van der Waals surface area contributed by atoms with Crippen molar-refractivity contribution in [3.8, 4) is 6.07 Å². The Morgan fingerprint density at radius 3 is 2.47 bits per heavy atom. The fraction of sp³-hybridized carbons (Fsp3) is 0.536. The van der Waals surface area contributed by atoms with E-state index in [0.717, 1.165) is 11.3 Å². The van der Waals surface area contributed by atoms with Gasteiger partial charge in [0.05, 0.1) is 5.56 Å². The van der Waals surface area contributed by atoms with E-state index in [4.69, 9.17) is 0 Å². The van der Waals surface area contributed by atoms with Crippen LogP contribution in [0.2, 0.25) is 0 Å². The van der Waals surface area contributed by atoms with Crippen molar-refractivity contribution in [1.29, 1.82) is 5.26 Å².